The molecule has 1 aromatic heterocycles. The third-order valence-corrected chi connectivity index (χ3v) is 2.77. The van der Waals surface area contributed by atoms with E-state index in [2.05, 4.69) is 22.6 Å². The lowest BCUT2D eigenvalue weighted by atomic mass is 10.4. The molecule has 4 heteroatoms. The van der Waals surface area contributed by atoms with Crippen LogP contribution in [0, 0.1) is 8.29 Å². The van der Waals surface area contributed by atoms with Crippen molar-refractivity contribution in [1.82, 2.24) is 0 Å². The molecule has 0 aliphatic heterocycles. The van der Waals surface area contributed by atoms with E-state index in [9.17, 15) is 0 Å². The van der Waals surface area contributed by atoms with E-state index in [0.717, 1.165) is 7.76 Å². The van der Waals surface area contributed by atoms with Gasteiger partial charge in [-0.1, -0.05) is 0 Å². The minimum absolute atomic E-state index is 0.155. The maximum absolute atomic E-state index is 7.03. The summed E-state index contributed by atoms with van der Waals surface area (Å²) in [5.41, 5.74) is 5.22. The number of nitrogens with one attached hydrogen (secondary N) is 1. The van der Waals surface area contributed by atoms with Crippen LogP contribution in [0.3, 0.4) is 0 Å². The number of hydrogen-bond donors (Lipinski definition) is 2. The van der Waals surface area contributed by atoms with Crippen LogP contribution in [0.15, 0.2) is 12.1 Å². The SMILES string of the molecule is N=C(N)c1ccc(I)s1. The van der Waals surface area contributed by atoms with E-state index >= 15 is 0 Å². The Kier molecular flexibility index (Phi) is 2.07. The van der Waals surface area contributed by atoms with Crippen LogP contribution < -0.4 is 5.73 Å². The molecule has 0 aliphatic rings. The molecule has 0 atom stereocenters. The van der Waals surface area contributed by atoms with Crippen LogP contribution in [0.4, 0.5) is 0 Å². The summed E-state index contributed by atoms with van der Waals surface area (Å²) in [5.74, 6) is 0.155. The number of amidine groups is 1. The molecular formula is C5H5IN2S. The Bertz CT molecular complexity index is 231. The third kappa shape index (κ3) is 1.65. The van der Waals surface area contributed by atoms with Crippen molar-refractivity contribution < 1.29 is 0 Å². The highest BCUT2D eigenvalue weighted by atomic mass is 127. The largest absolute Gasteiger partial charge is 0.383 e. The van der Waals surface area contributed by atoms with Gasteiger partial charge < -0.3 is 5.73 Å². The highest BCUT2D eigenvalue weighted by Crippen LogP contribution is 2.16. The summed E-state index contributed by atoms with van der Waals surface area (Å²) in [5, 5.41) is 7.03. The average molecular weight is 252 g/mol. The first kappa shape index (κ1) is 7.01. The highest BCUT2D eigenvalue weighted by molar-refractivity contribution is 14.1. The Labute approximate surface area is 70.7 Å². The standard InChI is InChI=1S/C5H5IN2S/c6-4-2-1-3(9-4)5(7)8/h1-2H,(H3,7,8). The van der Waals surface area contributed by atoms with E-state index in [1.165, 1.54) is 11.3 Å². The first-order valence-corrected chi connectivity index (χ1v) is 4.19. The molecule has 0 unspecified atom stereocenters. The van der Waals surface area contributed by atoms with Crippen LogP contribution in [0.25, 0.3) is 0 Å². The van der Waals surface area contributed by atoms with Crippen molar-refractivity contribution in [3.63, 3.8) is 0 Å². The molecule has 0 saturated heterocycles. The molecule has 0 radical (unpaired) electrons. The van der Waals surface area contributed by atoms with Gasteiger partial charge in [-0.25, -0.2) is 0 Å². The maximum Gasteiger partial charge on any atom is 0.133 e. The van der Waals surface area contributed by atoms with Crippen molar-refractivity contribution >= 4 is 39.8 Å². The number of nitrogens with two attached hydrogens (primary N) is 1. The summed E-state index contributed by atoms with van der Waals surface area (Å²) in [6.07, 6.45) is 0. The highest BCUT2D eigenvalue weighted by Gasteiger charge is 1.97. The summed E-state index contributed by atoms with van der Waals surface area (Å²) < 4.78 is 1.16. The van der Waals surface area contributed by atoms with Gasteiger partial charge in [0.05, 0.1) is 7.76 Å². The van der Waals surface area contributed by atoms with Gasteiger partial charge in [0.1, 0.15) is 5.84 Å². The van der Waals surface area contributed by atoms with Crippen molar-refractivity contribution in [3.8, 4) is 0 Å². The number of hydrogen-bond acceptors (Lipinski definition) is 2. The van der Waals surface area contributed by atoms with Crippen LogP contribution in [-0.2, 0) is 0 Å². The molecule has 9 heavy (non-hydrogen) atoms. The molecule has 48 valence electrons. The molecule has 3 N–H and O–H groups in total. The number of rotatable bonds is 1. The number of nitrogen functional groups attached to an aromatic ring is 1. The van der Waals surface area contributed by atoms with Crippen molar-refractivity contribution in [3.05, 3.63) is 19.9 Å². The van der Waals surface area contributed by atoms with Crippen LogP contribution in [0.1, 0.15) is 4.88 Å². The van der Waals surface area contributed by atoms with Crippen LogP contribution in [-0.4, -0.2) is 5.84 Å². The van der Waals surface area contributed by atoms with E-state index in [1.807, 2.05) is 12.1 Å². The zero-order valence-electron chi connectivity index (χ0n) is 4.52. The lowest BCUT2D eigenvalue weighted by molar-refractivity contribution is 1.45. The molecule has 0 spiro atoms. The molecule has 0 aromatic carbocycles. The second-order valence-electron chi connectivity index (χ2n) is 1.52. The monoisotopic (exact) mass is 252 g/mol. The molecule has 0 aliphatic carbocycles. The number of halogens is 1. The molecule has 0 fully saturated rings. The van der Waals surface area contributed by atoms with Crippen molar-refractivity contribution in [2.75, 3.05) is 0 Å². The summed E-state index contributed by atoms with van der Waals surface area (Å²) in [6.45, 7) is 0. The Morgan fingerprint density at radius 1 is 1.67 bits per heavy atom. The third-order valence-electron chi connectivity index (χ3n) is 0.839. The zero-order valence-corrected chi connectivity index (χ0v) is 7.49. The van der Waals surface area contributed by atoms with Crippen LogP contribution >= 0.6 is 33.9 Å². The maximum atomic E-state index is 7.03. The molecule has 1 rings (SSSR count). The fourth-order valence-electron chi connectivity index (χ4n) is 0.459. The predicted octanol–water partition coefficient (Wildman–Crippen LogP) is 1.64. The first-order valence-electron chi connectivity index (χ1n) is 2.30. The molecule has 2 nitrogen and oxygen atoms in total. The molecule has 0 bridgehead atoms. The summed E-state index contributed by atoms with van der Waals surface area (Å²) >= 11 is 3.73. The molecule has 0 amide bonds. The molecular weight excluding hydrogens is 247 g/mol. The molecule has 0 saturated carbocycles. The van der Waals surface area contributed by atoms with Crippen LogP contribution in [0.5, 0.6) is 0 Å². The van der Waals surface area contributed by atoms with E-state index < -0.39 is 0 Å². The van der Waals surface area contributed by atoms with E-state index in [-0.39, 0.29) is 5.84 Å². The second-order valence-corrected chi connectivity index (χ2v) is 4.50. The Hall–Kier alpha value is -0.100. The van der Waals surface area contributed by atoms with Gasteiger partial charge in [-0.15, -0.1) is 11.3 Å². The summed E-state index contributed by atoms with van der Waals surface area (Å²) in [6, 6.07) is 3.80. The average Bonchev–Trinajstić information content (AvgIpc) is 2.14. The van der Waals surface area contributed by atoms with Gasteiger partial charge in [-0.2, -0.15) is 0 Å². The van der Waals surface area contributed by atoms with E-state index in [4.69, 9.17) is 11.1 Å². The smallest absolute Gasteiger partial charge is 0.133 e. The molecule has 1 heterocycles. The van der Waals surface area contributed by atoms with E-state index in [0.29, 0.717) is 0 Å². The molecule has 1 aromatic rings. The van der Waals surface area contributed by atoms with Crippen molar-refractivity contribution in [1.29, 1.82) is 5.41 Å². The fourth-order valence-corrected chi connectivity index (χ4v) is 1.94. The lowest BCUT2D eigenvalue weighted by Gasteiger charge is -1.85. The predicted molar refractivity (Wildman–Crippen MR) is 48.1 cm³/mol. The van der Waals surface area contributed by atoms with Gasteiger partial charge in [0.2, 0.25) is 0 Å². The van der Waals surface area contributed by atoms with Crippen LogP contribution in [0.2, 0.25) is 0 Å². The minimum atomic E-state index is 0.155. The van der Waals surface area contributed by atoms with Gasteiger partial charge >= 0.3 is 0 Å². The number of thiophene rings is 1. The Balaban J connectivity index is 2.98. The van der Waals surface area contributed by atoms with Crippen molar-refractivity contribution in [2.45, 2.75) is 0 Å². The van der Waals surface area contributed by atoms with Gasteiger partial charge in [-0.05, 0) is 34.7 Å². The second kappa shape index (κ2) is 2.66. The van der Waals surface area contributed by atoms with Crippen molar-refractivity contribution in [2.24, 2.45) is 5.73 Å². The first-order chi connectivity index (χ1) is 4.20. The van der Waals surface area contributed by atoms with Gasteiger partial charge in [-0.3, -0.25) is 5.41 Å². The summed E-state index contributed by atoms with van der Waals surface area (Å²) in [7, 11) is 0. The Morgan fingerprint density at radius 3 is 2.56 bits per heavy atom. The topological polar surface area (TPSA) is 49.9 Å². The van der Waals surface area contributed by atoms with Gasteiger partial charge in [0.15, 0.2) is 0 Å². The van der Waals surface area contributed by atoms with E-state index in [1.54, 1.807) is 0 Å². The minimum Gasteiger partial charge on any atom is -0.383 e. The van der Waals surface area contributed by atoms with Gasteiger partial charge in [0.25, 0.3) is 0 Å². The Morgan fingerprint density at radius 2 is 2.33 bits per heavy atom. The zero-order chi connectivity index (χ0) is 6.85. The quantitative estimate of drug-likeness (QED) is 0.445. The fraction of sp³-hybridized carbons (Fsp3) is 0. The van der Waals surface area contributed by atoms with Gasteiger partial charge in [0, 0.05) is 0 Å². The summed E-state index contributed by atoms with van der Waals surface area (Å²) in [4.78, 5) is 0.847. The normalized spacial score (nSPS) is 9.44. The lowest BCUT2D eigenvalue weighted by Crippen LogP contribution is -2.08.